The van der Waals surface area contributed by atoms with Gasteiger partial charge in [-0.1, -0.05) is 67.1 Å². The summed E-state index contributed by atoms with van der Waals surface area (Å²) in [6, 6.07) is 23.5. The van der Waals surface area contributed by atoms with Crippen molar-refractivity contribution in [2.75, 3.05) is 0 Å². The van der Waals surface area contributed by atoms with Crippen LogP contribution in [0.15, 0.2) is 85.0 Å². The molecular formula is C25H20ClN. The Morgan fingerprint density at radius 2 is 1.59 bits per heavy atom. The lowest BCUT2D eigenvalue weighted by atomic mass is 10.00. The van der Waals surface area contributed by atoms with Gasteiger partial charge in [-0.25, -0.2) is 0 Å². The first-order valence-corrected chi connectivity index (χ1v) is 9.75. The fraction of sp³-hybridized carbons (Fsp3) is 0.120. The van der Waals surface area contributed by atoms with Gasteiger partial charge in [0.2, 0.25) is 0 Å². The van der Waals surface area contributed by atoms with E-state index in [0.717, 1.165) is 11.4 Å². The second-order valence-electron chi connectivity index (χ2n) is 7.32. The molecule has 1 aromatic heterocycles. The van der Waals surface area contributed by atoms with E-state index in [0.29, 0.717) is 5.92 Å². The molecule has 1 unspecified atom stereocenters. The summed E-state index contributed by atoms with van der Waals surface area (Å²) in [7, 11) is 0. The first kappa shape index (κ1) is 16.4. The largest absolute Gasteiger partial charge is 0.313 e. The van der Waals surface area contributed by atoms with Gasteiger partial charge in [0.25, 0.3) is 0 Å². The highest BCUT2D eigenvalue weighted by Crippen LogP contribution is 2.37. The van der Waals surface area contributed by atoms with Crippen molar-refractivity contribution in [3.05, 3.63) is 90.0 Å². The van der Waals surface area contributed by atoms with Gasteiger partial charge in [-0.15, -0.1) is 0 Å². The third-order valence-corrected chi connectivity index (χ3v) is 5.65. The Balaban J connectivity index is 1.77. The highest BCUT2D eigenvalue weighted by Gasteiger charge is 2.16. The van der Waals surface area contributed by atoms with Crippen LogP contribution >= 0.6 is 11.6 Å². The van der Waals surface area contributed by atoms with E-state index in [1.807, 2.05) is 12.1 Å². The van der Waals surface area contributed by atoms with Gasteiger partial charge in [-0.3, -0.25) is 0 Å². The fourth-order valence-electron chi connectivity index (χ4n) is 4.09. The van der Waals surface area contributed by atoms with Crippen LogP contribution in [0.2, 0.25) is 5.02 Å². The predicted octanol–water partition coefficient (Wildman–Crippen LogP) is 7.55. The van der Waals surface area contributed by atoms with Crippen LogP contribution in [0.3, 0.4) is 0 Å². The zero-order chi connectivity index (χ0) is 18.4. The predicted molar refractivity (Wildman–Crippen MR) is 117 cm³/mol. The maximum absolute atomic E-state index is 6.06. The molecule has 27 heavy (non-hydrogen) atoms. The number of fused-ring (bicyclic) bond motifs is 3. The van der Waals surface area contributed by atoms with Gasteiger partial charge < -0.3 is 4.57 Å². The molecule has 1 nitrogen and oxygen atoms in total. The van der Waals surface area contributed by atoms with Gasteiger partial charge >= 0.3 is 0 Å². The zero-order valence-corrected chi connectivity index (χ0v) is 15.9. The van der Waals surface area contributed by atoms with Crippen molar-refractivity contribution >= 4 is 39.1 Å². The average molecular weight is 370 g/mol. The Morgan fingerprint density at radius 3 is 2.41 bits per heavy atom. The topological polar surface area (TPSA) is 4.93 Å². The summed E-state index contributed by atoms with van der Waals surface area (Å²) >= 11 is 6.06. The van der Waals surface area contributed by atoms with Crippen LogP contribution in [0.4, 0.5) is 0 Å². The number of hydrogen-bond acceptors (Lipinski definition) is 0. The summed E-state index contributed by atoms with van der Waals surface area (Å²) in [5, 5.41) is 3.36. The van der Waals surface area contributed by atoms with Gasteiger partial charge in [0, 0.05) is 21.5 Å². The number of rotatable bonds is 2. The molecule has 0 bridgehead atoms. The second kappa shape index (κ2) is 6.44. The molecule has 1 atom stereocenters. The molecule has 132 valence electrons. The Morgan fingerprint density at radius 1 is 0.852 bits per heavy atom. The minimum Gasteiger partial charge on any atom is -0.313 e. The SMILES string of the molecule is CC1C=CC=C(n2c3ccccc3c3cc(-c4ccc(Cl)cc4)ccc32)C1. The Bertz CT molecular complexity index is 1210. The van der Waals surface area contributed by atoms with E-state index in [2.05, 4.69) is 84.3 Å². The monoisotopic (exact) mass is 369 g/mol. The lowest BCUT2D eigenvalue weighted by Crippen LogP contribution is -2.03. The van der Waals surface area contributed by atoms with Crippen LogP contribution in [0.25, 0.3) is 38.6 Å². The number of aromatic nitrogens is 1. The van der Waals surface area contributed by atoms with Crippen molar-refractivity contribution in [3.63, 3.8) is 0 Å². The van der Waals surface area contributed by atoms with Gasteiger partial charge in [-0.2, -0.15) is 0 Å². The Labute approximate surface area is 164 Å². The van der Waals surface area contributed by atoms with E-state index < -0.39 is 0 Å². The van der Waals surface area contributed by atoms with Gasteiger partial charge in [-0.05, 0) is 59.9 Å². The highest BCUT2D eigenvalue weighted by molar-refractivity contribution is 6.30. The van der Waals surface area contributed by atoms with Crippen LogP contribution in [-0.4, -0.2) is 4.57 Å². The molecule has 0 aliphatic heterocycles. The quantitative estimate of drug-likeness (QED) is 0.343. The molecule has 2 heteroatoms. The summed E-state index contributed by atoms with van der Waals surface area (Å²) in [5.41, 5.74) is 6.30. The smallest absolute Gasteiger partial charge is 0.0538 e. The molecule has 5 rings (SSSR count). The van der Waals surface area contributed by atoms with Crippen molar-refractivity contribution in [1.82, 2.24) is 4.57 Å². The van der Waals surface area contributed by atoms with Crippen LogP contribution in [-0.2, 0) is 0 Å². The molecule has 1 aliphatic rings. The summed E-state index contributed by atoms with van der Waals surface area (Å²) in [6.45, 7) is 2.27. The molecule has 3 aromatic carbocycles. The van der Waals surface area contributed by atoms with Gasteiger partial charge in [0.15, 0.2) is 0 Å². The number of halogens is 1. The second-order valence-corrected chi connectivity index (χ2v) is 7.75. The minimum absolute atomic E-state index is 0.564. The number of benzene rings is 3. The Hall–Kier alpha value is -2.77. The lowest BCUT2D eigenvalue weighted by Gasteiger charge is -2.18. The summed E-state index contributed by atoms with van der Waals surface area (Å²) < 4.78 is 2.43. The maximum Gasteiger partial charge on any atom is 0.0538 e. The van der Waals surface area contributed by atoms with E-state index in [9.17, 15) is 0 Å². The zero-order valence-electron chi connectivity index (χ0n) is 15.2. The molecule has 0 fully saturated rings. The first-order valence-electron chi connectivity index (χ1n) is 9.37. The maximum atomic E-state index is 6.06. The van der Waals surface area contributed by atoms with Crippen molar-refractivity contribution in [2.45, 2.75) is 13.3 Å². The van der Waals surface area contributed by atoms with Crippen molar-refractivity contribution < 1.29 is 0 Å². The summed E-state index contributed by atoms with van der Waals surface area (Å²) in [4.78, 5) is 0. The molecular weight excluding hydrogens is 350 g/mol. The average Bonchev–Trinajstić information content (AvgIpc) is 3.02. The third kappa shape index (κ3) is 2.79. The fourth-order valence-corrected chi connectivity index (χ4v) is 4.22. The van der Waals surface area contributed by atoms with E-state index in [1.54, 1.807) is 0 Å². The van der Waals surface area contributed by atoms with Crippen LogP contribution in [0.5, 0.6) is 0 Å². The standard InChI is InChI=1S/C25H20ClN/c1-17-5-4-6-21(15-17)27-24-8-3-2-7-22(24)23-16-19(11-14-25(23)27)18-9-12-20(26)13-10-18/h2-14,16-17H,15H2,1H3. The molecule has 0 saturated heterocycles. The van der Waals surface area contributed by atoms with Gasteiger partial charge in [0.05, 0.1) is 11.0 Å². The molecule has 0 spiro atoms. The van der Waals surface area contributed by atoms with Gasteiger partial charge in [0.1, 0.15) is 0 Å². The normalized spacial score (nSPS) is 16.8. The molecule has 0 amide bonds. The van der Waals surface area contributed by atoms with Crippen LogP contribution < -0.4 is 0 Å². The van der Waals surface area contributed by atoms with Crippen molar-refractivity contribution in [3.8, 4) is 11.1 Å². The van der Waals surface area contributed by atoms with E-state index in [-0.39, 0.29) is 0 Å². The van der Waals surface area contributed by atoms with Crippen molar-refractivity contribution in [2.24, 2.45) is 5.92 Å². The molecule has 0 N–H and O–H groups in total. The number of para-hydroxylation sites is 1. The van der Waals surface area contributed by atoms with E-state index >= 15 is 0 Å². The van der Waals surface area contributed by atoms with E-state index in [1.165, 1.54) is 38.6 Å². The molecule has 1 heterocycles. The molecule has 1 aliphatic carbocycles. The number of allylic oxidation sites excluding steroid dienone is 4. The Kier molecular flexibility index (Phi) is 3.91. The van der Waals surface area contributed by atoms with Crippen molar-refractivity contribution in [1.29, 1.82) is 0 Å². The third-order valence-electron chi connectivity index (χ3n) is 5.40. The number of hydrogen-bond donors (Lipinski definition) is 0. The minimum atomic E-state index is 0.564. The first-order chi connectivity index (χ1) is 13.2. The van der Waals surface area contributed by atoms with Crippen LogP contribution in [0, 0.1) is 5.92 Å². The van der Waals surface area contributed by atoms with E-state index in [4.69, 9.17) is 11.6 Å². The number of nitrogens with zero attached hydrogens (tertiary/aromatic N) is 1. The molecule has 4 aromatic rings. The lowest BCUT2D eigenvalue weighted by molar-refractivity contribution is 0.730. The highest BCUT2D eigenvalue weighted by atomic mass is 35.5. The molecule has 0 saturated carbocycles. The van der Waals surface area contributed by atoms with Crippen LogP contribution in [0.1, 0.15) is 13.3 Å². The molecule has 0 radical (unpaired) electrons. The summed E-state index contributed by atoms with van der Waals surface area (Å²) in [6.07, 6.45) is 7.77. The summed E-state index contributed by atoms with van der Waals surface area (Å²) in [5.74, 6) is 0.564.